The molecule has 5 nitrogen and oxygen atoms in total. The number of H-pyrrole nitrogens is 1. The molecule has 0 radical (unpaired) electrons. The van der Waals surface area contributed by atoms with Gasteiger partial charge in [-0.15, -0.1) is 0 Å². The highest BCUT2D eigenvalue weighted by molar-refractivity contribution is 5.87. The van der Waals surface area contributed by atoms with Gasteiger partial charge in [-0.3, -0.25) is 0 Å². The van der Waals surface area contributed by atoms with E-state index >= 15 is 0 Å². The Bertz CT molecular complexity index is 738. The number of hydrogen-bond acceptors (Lipinski definition) is 4. The first-order valence-electron chi connectivity index (χ1n) is 14.0. The topological polar surface area (TPSA) is 70.8 Å². The van der Waals surface area contributed by atoms with Crippen molar-refractivity contribution >= 4 is 16.9 Å². The largest absolute Gasteiger partial charge is 0.356 e. The van der Waals surface area contributed by atoms with E-state index in [-0.39, 0.29) is 0 Å². The molecule has 2 aliphatic rings. The first-order chi connectivity index (χ1) is 16.3. The molecule has 0 saturated heterocycles. The second-order valence-electron chi connectivity index (χ2n) is 10.4. The van der Waals surface area contributed by atoms with Gasteiger partial charge in [-0.1, -0.05) is 89.9 Å². The smallest absolute Gasteiger partial charge is 0.142 e. The third-order valence-electron chi connectivity index (χ3n) is 7.85. The fourth-order valence-corrected chi connectivity index (χ4v) is 5.62. The van der Waals surface area contributed by atoms with Crippen LogP contribution < -0.4 is 10.6 Å². The lowest BCUT2D eigenvalue weighted by Gasteiger charge is -2.30. The van der Waals surface area contributed by atoms with E-state index in [1.54, 1.807) is 6.33 Å². The van der Waals surface area contributed by atoms with Gasteiger partial charge in [-0.2, -0.15) is 0 Å². The van der Waals surface area contributed by atoms with Crippen molar-refractivity contribution in [2.45, 2.75) is 122 Å². The Kier molecular flexibility index (Phi) is 12.1. The molecule has 0 atom stereocenters. The first-order valence-corrected chi connectivity index (χ1v) is 14.0. The SMILES string of the molecule is CN(c1ncnc2[nH]ccc12)C1CCCCCCCCC1.NCC1CCCCCCCCC1. The summed E-state index contributed by atoms with van der Waals surface area (Å²) in [4.78, 5) is 14.4. The summed E-state index contributed by atoms with van der Waals surface area (Å²) in [6.07, 6.45) is 28.8. The van der Waals surface area contributed by atoms with Crippen LogP contribution in [0.15, 0.2) is 18.6 Å². The van der Waals surface area contributed by atoms with E-state index in [1.165, 1.54) is 116 Å². The molecule has 2 fully saturated rings. The summed E-state index contributed by atoms with van der Waals surface area (Å²) in [5.74, 6) is 1.91. The lowest BCUT2D eigenvalue weighted by molar-refractivity contribution is 0.396. The molecule has 33 heavy (non-hydrogen) atoms. The van der Waals surface area contributed by atoms with E-state index in [4.69, 9.17) is 5.73 Å². The van der Waals surface area contributed by atoms with Crippen LogP contribution in [0.25, 0.3) is 11.0 Å². The zero-order valence-electron chi connectivity index (χ0n) is 21.2. The Morgan fingerprint density at radius 3 is 1.85 bits per heavy atom. The summed E-state index contributed by atoms with van der Waals surface area (Å²) in [7, 11) is 2.20. The van der Waals surface area contributed by atoms with Crippen LogP contribution in [0.4, 0.5) is 5.82 Å². The van der Waals surface area contributed by atoms with Gasteiger partial charge < -0.3 is 15.6 Å². The number of rotatable bonds is 3. The van der Waals surface area contributed by atoms with Crippen LogP contribution >= 0.6 is 0 Å². The number of anilines is 1. The Labute approximate surface area is 202 Å². The van der Waals surface area contributed by atoms with Crippen LogP contribution in [-0.4, -0.2) is 34.6 Å². The van der Waals surface area contributed by atoms with Crippen LogP contribution in [0.5, 0.6) is 0 Å². The third kappa shape index (κ3) is 8.92. The molecule has 0 bridgehead atoms. The molecule has 2 heterocycles. The van der Waals surface area contributed by atoms with Crippen LogP contribution in [-0.2, 0) is 0 Å². The lowest BCUT2D eigenvalue weighted by atomic mass is 9.92. The van der Waals surface area contributed by atoms with Gasteiger partial charge in [0.2, 0.25) is 0 Å². The van der Waals surface area contributed by atoms with Crippen molar-refractivity contribution < 1.29 is 0 Å². The summed E-state index contributed by atoms with van der Waals surface area (Å²) in [5, 5.41) is 1.14. The van der Waals surface area contributed by atoms with Crippen molar-refractivity contribution in [3.05, 3.63) is 18.6 Å². The molecule has 2 saturated carbocycles. The highest BCUT2D eigenvalue weighted by Gasteiger charge is 2.19. The van der Waals surface area contributed by atoms with Gasteiger partial charge in [0.25, 0.3) is 0 Å². The van der Waals surface area contributed by atoms with E-state index in [0.29, 0.717) is 6.04 Å². The fraction of sp³-hybridized carbons (Fsp3) is 0.786. The van der Waals surface area contributed by atoms with E-state index in [9.17, 15) is 0 Å². The van der Waals surface area contributed by atoms with Crippen molar-refractivity contribution in [1.82, 2.24) is 15.0 Å². The standard InChI is InChI=1S/C17H26N4.C11H23N/c1-21(14-9-7-5-3-2-4-6-8-10-14)17-15-11-12-18-16(15)19-13-20-17;12-10-11-8-6-4-2-1-3-5-7-9-11/h11-14H,2-10H2,1H3,(H,18,19,20);11H,1-10,12H2. The molecule has 2 aromatic heterocycles. The van der Waals surface area contributed by atoms with Gasteiger partial charge >= 0.3 is 0 Å². The Morgan fingerprint density at radius 2 is 1.30 bits per heavy atom. The van der Waals surface area contributed by atoms with E-state index < -0.39 is 0 Å². The molecular weight excluding hydrogens is 406 g/mol. The predicted molar refractivity (Wildman–Crippen MR) is 142 cm³/mol. The summed E-state index contributed by atoms with van der Waals surface area (Å²) >= 11 is 0. The quantitative estimate of drug-likeness (QED) is 0.507. The maximum atomic E-state index is 5.71. The number of fused-ring (bicyclic) bond motifs is 1. The highest BCUT2D eigenvalue weighted by Crippen LogP contribution is 2.27. The van der Waals surface area contributed by atoms with Crippen LogP contribution in [0.1, 0.15) is 116 Å². The molecule has 4 rings (SSSR count). The molecule has 0 aliphatic heterocycles. The number of nitrogens with two attached hydrogens (primary N) is 1. The number of aromatic amines is 1. The number of aromatic nitrogens is 3. The Hall–Kier alpha value is -1.62. The normalized spacial score (nSPS) is 20.5. The molecule has 3 N–H and O–H groups in total. The van der Waals surface area contributed by atoms with Gasteiger partial charge in [-0.25, -0.2) is 9.97 Å². The Morgan fingerprint density at radius 1 is 0.788 bits per heavy atom. The van der Waals surface area contributed by atoms with Crippen LogP contribution in [0.2, 0.25) is 0 Å². The maximum absolute atomic E-state index is 5.71. The molecule has 0 spiro atoms. The van der Waals surface area contributed by atoms with Gasteiger partial charge in [0.15, 0.2) is 0 Å². The molecule has 5 heteroatoms. The van der Waals surface area contributed by atoms with E-state index in [2.05, 4.69) is 33.0 Å². The summed E-state index contributed by atoms with van der Waals surface area (Å²) in [6.45, 7) is 0.917. The number of hydrogen-bond donors (Lipinski definition) is 2. The van der Waals surface area contributed by atoms with Gasteiger partial charge in [0, 0.05) is 19.3 Å². The lowest BCUT2D eigenvalue weighted by Crippen LogP contribution is -2.32. The maximum Gasteiger partial charge on any atom is 0.142 e. The minimum Gasteiger partial charge on any atom is -0.356 e. The van der Waals surface area contributed by atoms with Gasteiger partial charge in [-0.05, 0) is 44.2 Å². The van der Waals surface area contributed by atoms with Crippen LogP contribution in [0, 0.1) is 5.92 Å². The van der Waals surface area contributed by atoms with Gasteiger partial charge in [0.1, 0.15) is 17.8 Å². The first kappa shape index (κ1) is 26.0. The molecule has 0 aromatic carbocycles. The zero-order chi connectivity index (χ0) is 23.1. The summed E-state index contributed by atoms with van der Waals surface area (Å²) < 4.78 is 0. The second kappa shape index (κ2) is 15.3. The highest BCUT2D eigenvalue weighted by atomic mass is 15.2. The van der Waals surface area contributed by atoms with Crippen molar-refractivity contribution in [1.29, 1.82) is 0 Å². The predicted octanol–water partition coefficient (Wildman–Crippen LogP) is 7.37. The molecule has 0 unspecified atom stereocenters. The molecular formula is C28H49N5. The molecule has 0 amide bonds. The van der Waals surface area contributed by atoms with Crippen LogP contribution in [0.3, 0.4) is 0 Å². The molecule has 2 aliphatic carbocycles. The number of nitrogens with zero attached hydrogens (tertiary/aromatic N) is 3. The van der Waals surface area contributed by atoms with Crippen molar-refractivity contribution in [3.8, 4) is 0 Å². The average Bonchev–Trinajstić information content (AvgIpc) is 3.35. The monoisotopic (exact) mass is 455 g/mol. The average molecular weight is 456 g/mol. The zero-order valence-corrected chi connectivity index (χ0v) is 21.2. The minimum absolute atomic E-state index is 0.607. The van der Waals surface area contributed by atoms with Crippen molar-refractivity contribution in [2.24, 2.45) is 11.7 Å². The second-order valence-corrected chi connectivity index (χ2v) is 10.4. The van der Waals surface area contributed by atoms with E-state index in [1.807, 2.05) is 6.20 Å². The molecule has 2 aromatic rings. The fourth-order valence-electron chi connectivity index (χ4n) is 5.62. The Balaban J connectivity index is 0.000000218. The summed E-state index contributed by atoms with van der Waals surface area (Å²) in [5.41, 5.74) is 6.65. The van der Waals surface area contributed by atoms with Crippen molar-refractivity contribution in [3.63, 3.8) is 0 Å². The minimum atomic E-state index is 0.607. The van der Waals surface area contributed by atoms with Crippen molar-refractivity contribution in [2.75, 3.05) is 18.5 Å². The third-order valence-corrected chi connectivity index (χ3v) is 7.85. The summed E-state index contributed by atoms with van der Waals surface area (Å²) in [6, 6.07) is 2.69. The molecule has 186 valence electrons. The number of nitrogens with one attached hydrogen (secondary N) is 1. The van der Waals surface area contributed by atoms with E-state index in [0.717, 1.165) is 29.3 Å². The van der Waals surface area contributed by atoms with Gasteiger partial charge in [0.05, 0.1) is 5.39 Å².